The molecule has 0 unspecified atom stereocenters. The summed E-state index contributed by atoms with van der Waals surface area (Å²) in [7, 11) is 0. The van der Waals surface area contributed by atoms with Gasteiger partial charge in [0.1, 0.15) is 11.6 Å². The molecule has 1 fully saturated rings. The largest absolute Gasteiger partial charge is 0.451 e. The minimum absolute atomic E-state index is 0.0101. The number of halogens is 1. The van der Waals surface area contributed by atoms with Crippen molar-refractivity contribution in [2.45, 2.75) is 12.8 Å². The fourth-order valence-electron chi connectivity index (χ4n) is 3.26. The Bertz CT molecular complexity index is 1000. The molecule has 1 aliphatic heterocycles. The molecule has 1 aliphatic rings. The first-order chi connectivity index (χ1) is 13.6. The molecular weight excluding hydrogens is 359 g/mol. The van der Waals surface area contributed by atoms with Gasteiger partial charge in [0.2, 0.25) is 0 Å². The molecule has 0 saturated carbocycles. The lowest BCUT2D eigenvalue weighted by Gasteiger charge is -2.15. The molecule has 0 aliphatic carbocycles. The summed E-state index contributed by atoms with van der Waals surface area (Å²) in [5.74, 6) is -0.482. The van der Waals surface area contributed by atoms with Crippen molar-refractivity contribution in [3.8, 4) is 11.3 Å². The van der Waals surface area contributed by atoms with Crippen LogP contribution in [0.25, 0.3) is 11.3 Å². The number of amides is 2. The molecular formula is C22H19FN2O3. The van der Waals surface area contributed by atoms with Crippen molar-refractivity contribution in [2.75, 3.05) is 18.4 Å². The van der Waals surface area contributed by atoms with E-state index in [1.807, 2.05) is 4.90 Å². The van der Waals surface area contributed by atoms with Crippen LogP contribution in [-0.4, -0.2) is 29.8 Å². The van der Waals surface area contributed by atoms with Crippen molar-refractivity contribution in [1.82, 2.24) is 4.90 Å². The first-order valence-corrected chi connectivity index (χ1v) is 9.17. The minimum Gasteiger partial charge on any atom is -0.451 e. The third-order valence-electron chi connectivity index (χ3n) is 4.75. The SMILES string of the molecule is O=C(Nc1ccc(C(=O)N2CCCC2)cc1)c1ccc(-c2ccccc2F)o1. The predicted octanol–water partition coefficient (Wildman–Crippen LogP) is 4.57. The van der Waals surface area contributed by atoms with E-state index in [0.717, 1.165) is 25.9 Å². The summed E-state index contributed by atoms with van der Waals surface area (Å²) >= 11 is 0. The van der Waals surface area contributed by atoms with Crippen LogP contribution in [-0.2, 0) is 0 Å². The molecule has 3 aromatic rings. The maximum atomic E-state index is 13.9. The molecule has 0 bridgehead atoms. The molecule has 142 valence electrons. The zero-order chi connectivity index (χ0) is 19.5. The van der Waals surface area contributed by atoms with Crippen LogP contribution in [0.15, 0.2) is 65.1 Å². The summed E-state index contributed by atoms with van der Waals surface area (Å²) in [6.07, 6.45) is 2.08. The van der Waals surface area contributed by atoms with E-state index in [9.17, 15) is 14.0 Å². The Kier molecular flexibility index (Phi) is 4.93. The average molecular weight is 378 g/mol. The molecule has 0 spiro atoms. The first-order valence-electron chi connectivity index (χ1n) is 9.17. The lowest BCUT2D eigenvalue weighted by atomic mass is 10.1. The standard InChI is InChI=1S/C22H19FN2O3/c23-18-6-2-1-5-17(18)19-11-12-20(28-19)21(26)24-16-9-7-15(8-10-16)22(27)25-13-3-4-14-25/h1-2,5-12H,3-4,13-14H2,(H,24,26). The van der Waals surface area contributed by atoms with E-state index in [1.165, 1.54) is 12.1 Å². The Hall–Kier alpha value is -3.41. The smallest absolute Gasteiger partial charge is 0.291 e. The number of carbonyl (C=O) groups excluding carboxylic acids is 2. The highest BCUT2D eigenvalue weighted by molar-refractivity contribution is 6.03. The van der Waals surface area contributed by atoms with Crippen molar-refractivity contribution in [1.29, 1.82) is 0 Å². The minimum atomic E-state index is -0.443. The Morgan fingerprint density at radius 3 is 2.36 bits per heavy atom. The Labute approximate surface area is 161 Å². The third kappa shape index (κ3) is 3.67. The van der Waals surface area contributed by atoms with Crippen LogP contribution in [0.5, 0.6) is 0 Å². The van der Waals surface area contributed by atoms with E-state index >= 15 is 0 Å². The third-order valence-corrected chi connectivity index (χ3v) is 4.75. The highest BCUT2D eigenvalue weighted by atomic mass is 19.1. The summed E-state index contributed by atoms with van der Waals surface area (Å²) in [6.45, 7) is 1.58. The predicted molar refractivity (Wildman–Crippen MR) is 104 cm³/mol. The van der Waals surface area contributed by atoms with Gasteiger partial charge in [0.15, 0.2) is 5.76 Å². The van der Waals surface area contributed by atoms with Gasteiger partial charge in [-0.1, -0.05) is 12.1 Å². The van der Waals surface area contributed by atoms with Crippen molar-refractivity contribution < 1.29 is 18.4 Å². The van der Waals surface area contributed by atoms with Crippen molar-refractivity contribution in [3.63, 3.8) is 0 Å². The second kappa shape index (κ2) is 7.68. The Balaban J connectivity index is 1.44. The lowest BCUT2D eigenvalue weighted by Crippen LogP contribution is -2.27. The van der Waals surface area contributed by atoms with Gasteiger partial charge >= 0.3 is 0 Å². The van der Waals surface area contributed by atoms with Crippen LogP contribution in [0.1, 0.15) is 33.8 Å². The number of carbonyl (C=O) groups is 2. The molecule has 4 rings (SSSR count). The Morgan fingerprint density at radius 1 is 0.929 bits per heavy atom. The van der Waals surface area contributed by atoms with Crippen LogP contribution >= 0.6 is 0 Å². The van der Waals surface area contributed by atoms with Gasteiger partial charge in [-0.05, 0) is 61.4 Å². The summed E-state index contributed by atoms with van der Waals surface area (Å²) in [5.41, 5.74) is 1.44. The highest BCUT2D eigenvalue weighted by Gasteiger charge is 2.19. The molecule has 1 saturated heterocycles. The number of likely N-dealkylation sites (tertiary alicyclic amines) is 1. The molecule has 2 aromatic carbocycles. The van der Waals surface area contributed by atoms with E-state index < -0.39 is 11.7 Å². The van der Waals surface area contributed by atoms with Gasteiger partial charge in [-0.3, -0.25) is 9.59 Å². The fraction of sp³-hybridized carbons (Fsp3) is 0.182. The maximum Gasteiger partial charge on any atom is 0.291 e. The number of hydrogen-bond acceptors (Lipinski definition) is 3. The second-order valence-corrected chi connectivity index (χ2v) is 6.67. The average Bonchev–Trinajstić information content (AvgIpc) is 3.41. The maximum absolute atomic E-state index is 13.9. The molecule has 5 nitrogen and oxygen atoms in total. The Morgan fingerprint density at radius 2 is 1.64 bits per heavy atom. The van der Waals surface area contributed by atoms with Gasteiger partial charge < -0.3 is 14.6 Å². The van der Waals surface area contributed by atoms with Crippen LogP contribution in [0, 0.1) is 5.82 Å². The topological polar surface area (TPSA) is 62.6 Å². The number of anilines is 1. The zero-order valence-electron chi connectivity index (χ0n) is 15.2. The fourth-order valence-corrected chi connectivity index (χ4v) is 3.26. The van der Waals surface area contributed by atoms with Crippen molar-refractivity contribution >= 4 is 17.5 Å². The number of benzene rings is 2. The molecule has 0 radical (unpaired) electrons. The summed E-state index contributed by atoms with van der Waals surface area (Å²) in [5, 5.41) is 2.72. The molecule has 6 heteroatoms. The van der Waals surface area contributed by atoms with Gasteiger partial charge in [0.05, 0.1) is 5.56 Å². The van der Waals surface area contributed by atoms with Gasteiger partial charge in [-0.25, -0.2) is 4.39 Å². The number of nitrogens with one attached hydrogen (secondary N) is 1. The van der Waals surface area contributed by atoms with E-state index in [4.69, 9.17) is 4.42 Å². The molecule has 1 N–H and O–H groups in total. The normalized spacial score (nSPS) is 13.5. The molecule has 28 heavy (non-hydrogen) atoms. The molecule has 2 amide bonds. The highest BCUT2D eigenvalue weighted by Crippen LogP contribution is 2.25. The number of nitrogens with zero attached hydrogens (tertiary/aromatic N) is 1. The number of furan rings is 1. The number of hydrogen-bond donors (Lipinski definition) is 1. The quantitative estimate of drug-likeness (QED) is 0.723. The first kappa shape index (κ1) is 18.0. The number of rotatable bonds is 4. The van der Waals surface area contributed by atoms with E-state index in [1.54, 1.807) is 48.5 Å². The van der Waals surface area contributed by atoms with Gasteiger partial charge in [-0.15, -0.1) is 0 Å². The zero-order valence-corrected chi connectivity index (χ0v) is 15.2. The van der Waals surface area contributed by atoms with Gasteiger partial charge in [0, 0.05) is 24.3 Å². The summed E-state index contributed by atoms with van der Waals surface area (Å²) in [4.78, 5) is 26.6. The summed E-state index contributed by atoms with van der Waals surface area (Å²) < 4.78 is 19.4. The van der Waals surface area contributed by atoms with E-state index in [-0.39, 0.29) is 17.4 Å². The molecule has 0 atom stereocenters. The molecule has 1 aromatic heterocycles. The lowest BCUT2D eigenvalue weighted by molar-refractivity contribution is 0.0792. The van der Waals surface area contributed by atoms with E-state index in [0.29, 0.717) is 16.8 Å². The second-order valence-electron chi connectivity index (χ2n) is 6.67. The van der Waals surface area contributed by atoms with Gasteiger partial charge in [-0.2, -0.15) is 0 Å². The van der Waals surface area contributed by atoms with Crippen LogP contribution < -0.4 is 5.32 Å². The van der Waals surface area contributed by atoms with Crippen molar-refractivity contribution in [2.24, 2.45) is 0 Å². The monoisotopic (exact) mass is 378 g/mol. The van der Waals surface area contributed by atoms with Crippen LogP contribution in [0.2, 0.25) is 0 Å². The van der Waals surface area contributed by atoms with Crippen LogP contribution in [0.3, 0.4) is 0 Å². The van der Waals surface area contributed by atoms with Gasteiger partial charge in [0.25, 0.3) is 11.8 Å². The van der Waals surface area contributed by atoms with Crippen LogP contribution in [0.4, 0.5) is 10.1 Å². The van der Waals surface area contributed by atoms with E-state index in [2.05, 4.69) is 5.32 Å². The van der Waals surface area contributed by atoms with Crippen molar-refractivity contribution in [3.05, 3.63) is 77.8 Å². The summed E-state index contributed by atoms with van der Waals surface area (Å²) in [6, 6.07) is 16.0. The molecule has 2 heterocycles.